The van der Waals surface area contributed by atoms with Gasteiger partial charge in [0.2, 0.25) is 0 Å². The van der Waals surface area contributed by atoms with Crippen LogP contribution in [0.2, 0.25) is 0 Å². The number of nitrogens with zero attached hydrogens (tertiary/aromatic N) is 3. The third-order valence-corrected chi connectivity index (χ3v) is 5.31. The topological polar surface area (TPSA) is 80.6 Å². The molecule has 0 aromatic heterocycles. The van der Waals surface area contributed by atoms with Gasteiger partial charge in [-0.25, -0.2) is 9.78 Å². The monoisotopic (exact) mass is 374 g/mol. The normalized spacial score (nSPS) is 11.4. The van der Waals surface area contributed by atoms with E-state index in [0.717, 1.165) is 35.0 Å². The molecule has 142 valence electrons. The molecule has 2 aliphatic rings. The second-order valence-corrected chi connectivity index (χ2v) is 7.26. The Bertz CT molecular complexity index is 1270. The van der Waals surface area contributed by atoms with Crippen molar-refractivity contribution in [2.45, 2.75) is 40.2 Å². The van der Waals surface area contributed by atoms with Crippen LogP contribution in [0, 0.1) is 20.8 Å². The minimum Gasteiger partial charge on any atom is -0.322 e. The maximum absolute atomic E-state index is 12.3. The Balaban J connectivity index is 1.83. The van der Waals surface area contributed by atoms with Crippen LogP contribution in [0.3, 0.4) is 0 Å². The van der Waals surface area contributed by atoms with Gasteiger partial charge in [-0.2, -0.15) is 4.98 Å². The van der Waals surface area contributed by atoms with E-state index in [9.17, 15) is 9.59 Å². The van der Waals surface area contributed by atoms with Crippen molar-refractivity contribution in [2.24, 2.45) is 0 Å². The van der Waals surface area contributed by atoms with Crippen molar-refractivity contribution in [3.8, 4) is 11.5 Å². The third kappa shape index (κ3) is 3.22. The van der Waals surface area contributed by atoms with Crippen molar-refractivity contribution in [2.75, 3.05) is 0 Å². The SMILES string of the molecule is Cc1cc2nc3c(=O)[nH]c(=O)nc-3n(CCCc3ccccc3C)c2cc1C. The molecule has 0 radical (unpaired) electrons. The van der Waals surface area contributed by atoms with Crippen LogP contribution >= 0.6 is 0 Å². The van der Waals surface area contributed by atoms with E-state index in [1.165, 1.54) is 11.1 Å². The van der Waals surface area contributed by atoms with Crippen LogP contribution in [-0.4, -0.2) is 19.5 Å². The van der Waals surface area contributed by atoms with Crippen LogP contribution in [0.4, 0.5) is 0 Å². The molecule has 0 amide bonds. The molecule has 6 heteroatoms. The molecule has 0 saturated carbocycles. The first-order valence-corrected chi connectivity index (χ1v) is 9.40. The first-order valence-electron chi connectivity index (χ1n) is 9.40. The lowest BCUT2D eigenvalue weighted by Crippen LogP contribution is -2.29. The van der Waals surface area contributed by atoms with Crippen molar-refractivity contribution in [1.82, 2.24) is 19.5 Å². The quantitative estimate of drug-likeness (QED) is 0.557. The van der Waals surface area contributed by atoms with Crippen molar-refractivity contribution in [1.29, 1.82) is 0 Å². The van der Waals surface area contributed by atoms with Gasteiger partial charge in [0.1, 0.15) is 0 Å². The molecule has 0 fully saturated rings. The van der Waals surface area contributed by atoms with E-state index >= 15 is 0 Å². The molecule has 1 N–H and O–H groups in total. The second-order valence-electron chi connectivity index (χ2n) is 7.26. The van der Waals surface area contributed by atoms with Gasteiger partial charge in [-0.15, -0.1) is 0 Å². The maximum atomic E-state index is 12.3. The smallest absolute Gasteiger partial charge is 0.322 e. The molecule has 0 unspecified atom stereocenters. The van der Waals surface area contributed by atoms with Crippen LogP contribution in [0.25, 0.3) is 22.6 Å². The summed E-state index contributed by atoms with van der Waals surface area (Å²) in [5.74, 6) is 0.342. The molecule has 2 heterocycles. The first-order chi connectivity index (χ1) is 13.4. The van der Waals surface area contributed by atoms with Gasteiger partial charge in [0, 0.05) is 6.54 Å². The lowest BCUT2D eigenvalue weighted by atomic mass is 10.0. The molecule has 0 atom stereocenters. The van der Waals surface area contributed by atoms with Crippen molar-refractivity contribution < 1.29 is 0 Å². The summed E-state index contributed by atoms with van der Waals surface area (Å²) in [6.45, 7) is 6.81. The summed E-state index contributed by atoms with van der Waals surface area (Å²) in [4.78, 5) is 35.0. The zero-order chi connectivity index (χ0) is 19.8. The number of hydrogen-bond acceptors (Lipinski definition) is 4. The zero-order valence-corrected chi connectivity index (χ0v) is 16.2. The molecular weight excluding hydrogens is 352 g/mol. The van der Waals surface area contributed by atoms with E-state index < -0.39 is 11.2 Å². The Morgan fingerprint density at radius 2 is 1.71 bits per heavy atom. The summed E-state index contributed by atoms with van der Waals surface area (Å²) in [6, 6.07) is 12.4. The number of benzene rings is 2. The van der Waals surface area contributed by atoms with Gasteiger partial charge in [0.15, 0.2) is 11.5 Å². The molecule has 2 aromatic carbocycles. The van der Waals surface area contributed by atoms with E-state index in [1.807, 2.05) is 36.6 Å². The molecule has 4 rings (SSSR count). The highest BCUT2D eigenvalue weighted by Gasteiger charge is 2.19. The number of aromatic amines is 1. The molecule has 0 bridgehead atoms. The van der Waals surface area contributed by atoms with Crippen molar-refractivity contribution >= 4 is 11.0 Å². The molecule has 0 spiro atoms. The minimum atomic E-state index is -0.643. The lowest BCUT2D eigenvalue weighted by Gasteiger charge is -2.18. The van der Waals surface area contributed by atoms with Gasteiger partial charge < -0.3 is 4.57 Å². The largest absolute Gasteiger partial charge is 0.349 e. The number of aryl methyl sites for hydroxylation is 5. The van der Waals surface area contributed by atoms with Gasteiger partial charge in [-0.3, -0.25) is 9.78 Å². The summed E-state index contributed by atoms with van der Waals surface area (Å²) < 4.78 is 1.96. The van der Waals surface area contributed by atoms with Crippen LogP contribution in [-0.2, 0) is 13.0 Å². The average Bonchev–Trinajstić information content (AvgIpc) is 2.65. The summed E-state index contributed by atoms with van der Waals surface area (Å²) in [5, 5.41) is 0. The zero-order valence-electron chi connectivity index (χ0n) is 16.2. The Hall–Kier alpha value is -3.28. The summed E-state index contributed by atoms with van der Waals surface area (Å²) in [5.41, 5.74) is 5.48. The molecule has 0 aliphatic carbocycles. The van der Waals surface area contributed by atoms with Gasteiger partial charge in [-0.1, -0.05) is 24.3 Å². The van der Waals surface area contributed by atoms with Crippen molar-refractivity contribution in [3.05, 3.63) is 79.5 Å². The van der Waals surface area contributed by atoms with Gasteiger partial charge in [0.25, 0.3) is 5.56 Å². The van der Waals surface area contributed by atoms with Gasteiger partial charge in [0.05, 0.1) is 11.0 Å². The highest BCUT2D eigenvalue weighted by molar-refractivity contribution is 5.81. The number of H-pyrrole nitrogens is 1. The number of aromatic nitrogens is 4. The highest BCUT2D eigenvalue weighted by atomic mass is 16.2. The fraction of sp³-hybridized carbons (Fsp3) is 0.273. The van der Waals surface area contributed by atoms with E-state index in [-0.39, 0.29) is 5.69 Å². The number of nitrogens with one attached hydrogen (secondary N) is 1. The van der Waals surface area contributed by atoms with Gasteiger partial charge >= 0.3 is 5.69 Å². The van der Waals surface area contributed by atoms with Crippen LogP contribution in [0.15, 0.2) is 46.0 Å². The van der Waals surface area contributed by atoms with E-state index in [2.05, 4.69) is 40.1 Å². The molecular formula is C22H22N4O2. The Morgan fingerprint density at radius 1 is 0.964 bits per heavy atom. The lowest BCUT2D eigenvalue weighted by molar-refractivity contribution is 0.647. The molecule has 2 aliphatic heterocycles. The summed E-state index contributed by atoms with van der Waals surface area (Å²) >= 11 is 0. The molecule has 2 aromatic rings. The summed E-state index contributed by atoms with van der Waals surface area (Å²) in [6.07, 6.45) is 1.77. The van der Waals surface area contributed by atoms with Crippen LogP contribution in [0.1, 0.15) is 28.7 Å². The molecule has 6 nitrogen and oxygen atoms in total. The predicted molar refractivity (Wildman–Crippen MR) is 110 cm³/mol. The summed E-state index contributed by atoms with van der Waals surface area (Å²) in [7, 11) is 0. The van der Waals surface area contributed by atoms with Crippen LogP contribution in [0.5, 0.6) is 0 Å². The predicted octanol–water partition coefficient (Wildman–Crippen LogP) is 3.14. The maximum Gasteiger partial charge on any atom is 0.349 e. The van der Waals surface area contributed by atoms with Gasteiger partial charge in [-0.05, 0) is 68.0 Å². The number of fused-ring (bicyclic) bond motifs is 2. The minimum absolute atomic E-state index is 0.200. The Labute approximate surface area is 162 Å². The van der Waals surface area contributed by atoms with E-state index in [4.69, 9.17) is 0 Å². The highest BCUT2D eigenvalue weighted by Crippen LogP contribution is 2.24. The van der Waals surface area contributed by atoms with Crippen LogP contribution < -0.4 is 11.2 Å². The Morgan fingerprint density at radius 3 is 2.50 bits per heavy atom. The Kier molecular flexibility index (Phi) is 4.55. The average molecular weight is 374 g/mol. The number of hydrogen-bond donors (Lipinski definition) is 1. The first kappa shape index (κ1) is 18.1. The fourth-order valence-corrected chi connectivity index (χ4v) is 3.59. The standard InChI is InChI=1S/C22H22N4O2/c1-13-7-4-5-8-16(13)9-6-10-26-18-12-15(3)14(2)11-17(18)23-19-20(26)24-22(28)25-21(19)27/h4-5,7-8,11-12H,6,9-10H2,1-3H3,(H,25,27,28). The van der Waals surface area contributed by atoms with E-state index in [0.29, 0.717) is 12.4 Å². The second kappa shape index (κ2) is 7.03. The molecule has 28 heavy (non-hydrogen) atoms. The molecule has 0 saturated heterocycles. The fourth-order valence-electron chi connectivity index (χ4n) is 3.59. The van der Waals surface area contributed by atoms with Crippen molar-refractivity contribution in [3.63, 3.8) is 0 Å². The van der Waals surface area contributed by atoms with E-state index in [1.54, 1.807) is 0 Å². The third-order valence-electron chi connectivity index (χ3n) is 5.31. The number of rotatable bonds is 4.